The van der Waals surface area contributed by atoms with E-state index in [1.165, 1.54) is 34.7 Å². The molecule has 5 nitrogen and oxygen atoms in total. The molecule has 0 aliphatic carbocycles. The molecule has 4 aromatic rings. The van der Waals surface area contributed by atoms with Gasteiger partial charge in [0.2, 0.25) is 5.91 Å². The molecule has 2 aliphatic heterocycles. The van der Waals surface area contributed by atoms with Crippen LogP contribution in [0.2, 0.25) is 0 Å². The van der Waals surface area contributed by atoms with Gasteiger partial charge in [0.1, 0.15) is 0 Å². The van der Waals surface area contributed by atoms with Crippen molar-refractivity contribution >= 4 is 33.7 Å². The molecule has 0 saturated heterocycles. The van der Waals surface area contributed by atoms with Crippen LogP contribution in [0.3, 0.4) is 0 Å². The summed E-state index contributed by atoms with van der Waals surface area (Å²) >= 11 is 0. The molecule has 3 aromatic carbocycles. The van der Waals surface area contributed by atoms with Gasteiger partial charge in [0, 0.05) is 36.8 Å². The fourth-order valence-corrected chi connectivity index (χ4v) is 5.46. The van der Waals surface area contributed by atoms with E-state index in [0.29, 0.717) is 12.0 Å². The van der Waals surface area contributed by atoms with Gasteiger partial charge in [0.05, 0.1) is 23.7 Å². The summed E-state index contributed by atoms with van der Waals surface area (Å²) in [6.07, 6.45) is 2.20. The quantitative estimate of drug-likeness (QED) is 0.447. The number of esters is 1. The van der Waals surface area contributed by atoms with Gasteiger partial charge in [-0.25, -0.2) is 4.79 Å². The van der Waals surface area contributed by atoms with Crippen molar-refractivity contribution in [3.8, 4) is 0 Å². The second-order valence-electron chi connectivity index (χ2n) is 8.80. The third-order valence-electron chi connectivity index (χ3n) is 6.91. The van der Waals surface area contributed by atoms with Gasteiger partial charge in [-0.15, -0.1) is 0 Å². The number of hydrogen-bond donors (Lipinski definition) is 0. The first-order chi connectivity index (χ1) is 15.6. The molecule has 0 saturated carbocycles. The minimum Gasteiger partial charge on any atom is -0.465 e. The third-order valence-corrected chi connectivity index (χ3v) is 6.91. The first kappa shape index (κ1) is 19.3. The van der Waals surface area contributed by atoms with E-state index in [2.05, 4.69) is 41.3 Å². The van der Waals surface area contributed by atoms with Crippen LogP contribution < -0.4 is 0 Å². The summed E-state index contributed by atoms with van der Waals surface area (Å²) in [5.41, 5.74) is 7.59. The first-order valence-electron chi connectivity index (χ1n) is 11.1. The van der Waals surface area contributed by atoms with Crippen molar-refractivity contribution < 1.29 is 14.3 Å². The van der Waals surface area contributed by atoms with Crippen LogP contribution in [0, 0.1) is 0 Å². The number of benzene rings is 3. The molecule has 0 bridgehead atoms. The van der Waals surface area contributed by atoms with E-state index in [4.69, 9.17) is 4.74 Å². The van der Waals surface area contributed by atoms with Crippen molar-refractivity contribution in [2.45, 2.75) is 32.4 Å². The lowest BCUT2D eigenvalue weighted by atomic mass is 9.89. The molecule has 0 spiro atoms. The smallest absolute Gasteiger partial charge is 0.337 e. The Bertz CT molecular complexity index is 1400. The first-order valence-corrected chi connectivity index (χ1v) is 11.1. The average molecular weight is 425 g/mol. The molecule has 0 unspecified atom stereocenters. The molecule has 0 fully saturated rings. The highest BCUT2D eigenvalue weighted by Gasteiger charge is 2.29. The zero-order valence-corrected chi connectivity index (χ0v) is 18.1. The molecule has 6 rings (SSSR count). The molecule has 0 N–H and O–H groups in total. The largest absolute Gasteiger partial charge is 0.465 e. The number of rotatable bonds is 3. The second kappa shape index (κ2) is 7.31. The van der Waals surface area contributed by atoms with Crippen LogP contribution >= 0.6 is 0 Å². The summed E-state index contributed by atoms with van der Waals surface area (Å²) in [5, 5.41) is 2.24. The molecule has 0 radical (unpaired) electrons. The Morgan fingerprint density at radius 1 is 1.00 bits per heavy atom. The SMILES string of the molecule is COC(=O)c1ccc2c3c4c(cc5c3n(c2c1)C(=O)CC5)CN(Cc1ccccc1)CC4. The molecular weight excluding hydrogens is 400 g/mol. The molecule has 0 atom stereocenters. The Hall–Kier alpha value is -3.44. The Kier molecular flexibility index (Phi) is 4.40. The van der Waals surface area contributed by atoms with Gasteiger partial charge in [-0.2, -0.15) is 0 Å². The summed E-state index contributed by atoms with van der Waals surface area (Å²) in [6, 6.07) is 18.5. The van der Waals surface area contributed by atoms with Crippen molar-refractivity contribution in [3.05, 3.63) is 82.4 Å². The Labute approximate surface area is 186 Å². The van der Waals surface area contributed by atoms with Crippen LogP contribution in [0.15, 0.2) is 54.6 Å². The number of aromatic nitrogens is 1. The molecule has 1 aromatic heterocycles. The Morgan fingerprint density at radius 3 is 2.66 bits per heavy atom. The van der Waals surface area contributed by atoms with Crippen LogP contribution in [0.1, 0.15) is 43.8 Å². The van der Waals surface area contributed by atoms with Gasteiger partial charge >= 0.3 is 5.97 Å². The van der Waals surface area contributed by atoms with Gasteiger partial charge < -0.3 is 4.74 Å². The minimum atomic E-state index is -0.382. The van der Waals surface area contributed by atoms with Crippen molar-refractivity contribution in [1.29, 1.82) is 0 Å². The highest BCUT2D eigenvalue weighted by Crippen LogP contribution is 2.40. The monoisotopic (exact) mass is 424 g/mol. The maximum Gasteiger partial charge on any atom is 0.337 e. The molecule has 160 valence electrons. The zero-order valence-electron chi connectivity index (χ0n) is 18.1. The normalized spacial score (nSPS) is 15.8. The van der Waals surface area contributed by atoms with E-state index < -0.39 is 0 Å². The van der Waals surface area contributed by atoms with Gasteiger partial charge in [0.25, 0.3) is 0 Å². The highest BCUT2D eigenvalue weighted by molar-refractivity contribution is 6.17. The molecule has 2 aliphatic rings. The predicted octanol–water partition coefficient (Wildman–Crippen LogP) is 4.73. The van der Waals surface area contributed by atoms with Crippen LogP contribution in [0.4, 0.5) is 0 Å². The number of carbonyl (C=O) groups excluding carboxylic acids is 2. The minimum absolute atomic E-state index is 0.0981. The van der Waals surface area contributed by atoms with E-state index in [0.717, 1.165) is 48.9 Å². The molecule has 3 heterocycles. The van der Waals surface area contributed by atoms with Crippen molar-refractivity contribution in [2.75, 3.05) is 13.7 Å². The number of fused-ring (bicyclic) bond motifs is 5. The van der Waals surface area contributed by atoms with E-state index in [1.54, 1.807) is 0 Å². The number of nitrogens with zero attached hydrogens (tertiary/aromatic N) is 2. The van der Waals surface area contributed by atoms with Gasteiger partial charge in [-0.1, -0.05) is 42.5 Å². The summed E-state index contributed by atoms with van der Waals surface area (Å²) < 4.78 is 6.75. The Morgan fingerprint density at radius 2 is 1.84 bits per heavy atom. The highest BCUT2D eigenvalue weighted by atomic mass is 16.5. The fraction of sp³-hybridized carbons (Fsp3) is 0.259. The third kappa shape index (κ3) is 2.88. The van der Waals surface area contributed by atoms with E-state index >= 15 is 0 Å². The number of methoxy groups -OCH3 is 1. The molecule has 32 heavy (non-hydrogen) atoms. The summed E-state index contributed by atoms with van der Waals surface area (Å²) in [6.45, 7) is 2.83. The summed E-state index contributed by atoms with van der Waals surface area (Å²) in [4.78, 5) is 27.6. The van der Waals surface area contributed by atoms with Gasteiger partial charge in [-0.05, 0) is 47.2 Å². The molecular formula is C27H24N2O3. The van der Waals surface area contributed by atoms with Crippen molar-refractivity contribution in [3.63, 3.8) is 0 Å². The zero-order chi connectivity index (χ0) is 21.8. The van der Waals surface area contributed by atoms with Crippen molar-refractivity contribution in [2.24, 2.45) is 0 Å². The summed E-state index contributed by atoms with van der Waals surface area (Å²) in [7, 11) is 1.38. The van der Waals surface area contributed by atoms with Crippen LogP contribution in [0.25, 0.3) is 21.8 Å². The van der Waals surface area contributed by atoms with Gasteiger partial charge in [0.15, 0.2) is 0 Å². The second-order valence-corrected chi connectivity index (χ2v) is 8.80. The lowest BCUT2D eigenvalue weighted by molar-refractivity contribution is 0.0600. The van der Waals surface area contributed by atoms with Crippen LogP contribution in [-0.4, -0.2) is 35.0 Å². The molecule has 5 heteroatoms. The standard InChI is InChI=1S/C27H24N2O3/c1-32-27(31)19-7-9-22-23(14-19)29-24(30)10-8-18-13-20-16-28(15-17-5-3-2-4-6-17)12-11-21(20)25(22)26(18)29/h2-7,9,13-14H,8,10-12,15-16H2,1H3. The maximum atomic E-state index is 13.0. The fourth-order valence-electron chi connectivity index (χ4n) is 5.46. The lowest BCUT2D eigenvalue weighted by Crippen LogP contribution is -2.30. The topological polar surface area (TPSA) is 51.5 Å². The van der Waals surface area contributed by atoms with E-state index in [9.17, 15) is 9.59 Å². The summed E-state index contributed by atoms with van der Waals surface area (Å²) in [5.74, 6) is -0.284. The average Bonchev–Trinajstić information content (AvgIpc) is 3.17. The number of aryl methyl sites for hydroxylation is 1. The predicted molar refractivity (Wildman–Crippen MR) is 124 cm³/mol. The maximum absolute atomic E-state index is 13.0. The van der Waals surface area contributed by atoms with Crippen LogP contribution in [-0.2, 0) is 30.7 Å². The van der Waals surface area contributed by atoms with E-state index in [1.807, 2.05) is 22.8 Å². The van der Waals surface area contributed by atoms with Crippen molar-refractivity contribution in [1.82, 2.24) is 9.47 Å². The molecule has 0 amide bonds. The van der Waals surface area contributed by atoms with Crippen LogP contribution in [0.5, 0.6) is 0 Å². The Balaban J connectivity index is 1.52. The van der Waals surface area contributed by atoms with E-state index in [-0.39, 0.29) is 11.9 Å². The number of ether oxygens (including phenoxy) is 1. The number of carbonyl (C=O) groups is 2. The van der Waals surface area contributed by atoms with Gasteiger partial charge in [-0.3, -0.25) is 14.3 Å². The number of hydrogen-bond acceptors (Lipinski definition) is 4. The lowest BCUT2D eigenvalue weighted by Gasteiger charge is -2.30.